The van der Waals surface area contributed by atoms with Crippen LogP contribution in [-0.4, -0.2) is 42.6 Å². The van der Waals surface area contributed by atoms with Crippen molar-refractivity contribution in [3.63, 3.8) is 0 Å². The topological polar surface area (TPSA) is 89.2 Å². The van der Waals surface area contributed by atoms with Crippen LogP contribution in [0.4, 0.5) is 0 Å². The molecule has 0 radical (unpaired) electrons. The van der Waals surface area contributed by atoms with Gasteiger partial charge in [0.2, 0.25) is 0 Å². The van der Waals surface area contributed by atoms with Crippen LogP contribution >= 0.6 is 0 Å². The lowest BCUT2D eigenvalue weighted by Gasteiger charge is -2.06. The van der Waals surface area contributed by atoms with Crippen molar-refractivity contribution in [1.82, 2.24) is 15.1 Å². The first-order chi connectivity index (χ1) is 16.2. The van der Waals surface area contributed by atoms with E-state index in [4.69, 9.17) is 14.6 Å². The number of amides is 1. The maximum Gasteiger partial charge on any atom is 0.261 e. The number of rotatable bonds is 11. The largest absolute Gasteiger partial charge is 0.494 e. The molecule has 0 atom stereocenters. The molecule has 170 valence electrons. The third-order valence-corrected chi connectivity index (χ3v) is 4.84. The van der Waals surface area contributed by atoms with Crippen LogP contribution in [0.3, 0.4) is 0 Å². The summed E-state index contributed by atoms with van der Waals surface area (Å²) < 4.78 is 12.4. The molecule has 0 fully saturated rings. The van der Waals surface area contributed by atoms with Gasteiger partial charge in [-0.1, -0.05) is 25.1 Å². The van der Waals surface area contributed by atoms with E-state index in [1.54, 1.807) is 17.9 Å². The van der Waals surface area contributed by atoms with E-state index in [0.29, 0.717) is 37.4 Å². The Bertz CT molecular complexity index is 1110. The zero-order chi connectivity index (χ0) is 23.5. The molecule has 1 heterocycles. The van der Waals surface area contributed by atoms with E-state index in [-0.39, 0.29) is 5.57 Å². The first-order valence-corrected chi connectivity index (χ1v) is 10.9. The summed E-state index contributed by atoms with van der Waals surface area (Å²) in [5, 5.41) is 17.1. The number of para-hydroxylation sites is 1. The number of carbonyl (C=O) groups is 1. The number of carbonyl (C=O) groups excluding carboxylic acids is 1. The molecule has 0 bridgehead atoms. The lowest BCUT2D eigenvalue weighted by atomic mass is 10.1. The van der Waals surface area contributed by atoms with E-state index < -0.39 is 5.91 Å². The van der Waals surface area contributed by atoms with Gasteiger partial charge in [-0.15, -0.1) is 0 Å². The van der Waals surface area contributed by atoms with Gasteiger partial charge in [-0.3, -0.25) is 4.79 Å². The molecule has 1 amide bonds. The fraction of sp³-hybridized carbons (Fsp3) is 0.269. The maximum atomic E-state index is 12.5. The molecule has 1 N–H and O–H groups in total. The molecule has 0 aliphatic heterocycles. The van der Waals surface area contributed by atoms with Gasteiger partial charge in [-0.25, -0.2) is 4.68 Å². The SMILES string of the molecule is CCCOc1ccc(-c2nn(-c3ccccc3)cc2C=C(C#N)C(=O)NCCCOC)cc1. The van der Waals surface area contributed by atoms with E-state index in [9.17, 15) is 10.1 Å². The number of aromatic nitrogens is 2. The normalized spacial score (nSPS) is 11.1. The zero-order valence-electron chi connectivity index (χ0n) is 19.0. The van der Waals surface area contributed by atoms with Crippen molar-refractivity contribution in [2.24, 2.45) is 0 Å². The van der Waals surface area contributed by atoms with Crippen molar-refractivity contribution in [2.45, 2.75) is 19.8 Å². The second-order valence-corrected chi connectivity index (χ2v) is 7.36. The minimum absolute atomic E-state index is 0.0178. The molecule has 2 aromatic carbocycles. The molecule has 33 heavy (non-hydrogen) atoms. The van der Waals surface area contributed by atoms with E-state index in [1.165, 1.54) is 0 Å². The van der Waals surface area contributed by atoms with Crippen molar-refractivity contribution >= 4 is 12.0 Å². The summed E-state index contributed by atoms with van der Waals surface area (Å²) in [6.07, 6.45) is 5.00. The van der Waals surface area contributed by atoms with Crippen LogP contribution in [0.5, 0.6) is 5.75 Å². The minimum atomic E-state index is -0.421. The van der Waals surface area contributed by atoms with Crippen molar-refractivity contribution in [2.75, 3.05) is 26.9 Å². The van der Waals surface area contributed by atoms with Crippen LogP contribution in [0.1, 0.15) is 25.3 Å². The Labute approximate surface area is 194 Å². The highest BCUT2D eigenvalue weighted by atomic mass is 16.5. The van der Waals surface area contributed by atoms with Crippen LogP contribution in [-0.2, 0) is 9.53 Å². The first kappa shape index (κ1) is 23.8. The lowest BCUT2D eigenvalue weighted by molar-refractivity contribution is -0.117. The highest BCUT2D eigenvalue weighted by Gasteiger charge is 2.15. The Morgan fingerprint density at radius 1 is 1.15 bits per heavy atom. The van der Waals surface area contributed by atoms with Gasteiger partial charge in [0.25, 0.3) is 5.91 Å². The van der Waals surface area contributed by atoms with Gasteiger partial charge >= 0.3 is 0 Å². The summed E-state index contributed by atoms with van der Waals surface area (Å²) >= 11 is 0. The molecule has 0 aliphatic carbocycles. The smallest absolute Gasteiger partial charge is 0.261 e. The van der Waals surface area contributed by atoms with Crippen LogP contribution in [0, 0.1) is 11.3 Å². The number of hydrogen-bond acceptors (Lipinski definition) is 5. The maximum absolute atomic E-state index is 12.5. The molecular weight excluding hydrogens is 416 g/mol. The summed E-state index contributed by atoms with van der Waals surface area (Å²) in [5.74, 6) is 0.365. The Balaban J connectivity index is 1.95. The van der Waals surface area contributed by atoms with Crippen LogP contribution in [0.25, 0.3) is 23.0 Å². The average Bonchev–Trinajstić information content (AvgIpc) is 3.28. The number of benzene rings is 2. The fourth-order valence-electron chi connectivity index (χ4n) is 3.18. The van der Waals surface area contributed by atoms with Crippen molar-refractivity contribution in [1.29, 1.82) is 5.26 Å². The lowest BCUT2D eigenvalue weighted by Crippen LogP contribution is -2.26. The Kier molecular flexibility index (Phi) is 8.80. The fourth-order valence-corrected chi connectivity index (χ4v) is 3.18. The molecular formula is C26H28N4O3. The molecule has 0 saturated carbocycles. The van der Waals surface area contributed by atoms with Gasteiger partial charge in [-0.05, 0) is 55.3 Å². The summed E-state index contributed by atoms with van der Waals surface area (Å²) in [4.78, 5) is 12.5. The second-order valence-electron chi connectivity index (χ2n) is 7.36. The predicted octanol–water partition coefficient (Wildman–Crippen LogP) is 4.39. The van der Waals surface area contributed by atoms with Crippen LogP contribution in [0.15, 0.2) is 66.4 Å². The summed E-state index contributed by atoms with van der Waals surface area (Å²) in [6, 6.07) is 19.3. The number of methoxy groups -OCH3 is 1. The Morgan fingerprint density at radius 3 is 2.58 bits per heavy atom. The number of nitrogens with one attached hydrogen (secondary N) is 1. The molecule has 3 rings (SSSR count). The van der Waals surface area contributed by atoms with Crippen LogP contribution in [0.2, 0.25) is 0 Å². The molecule has 1 aromatic heterocycles. The van der Waals surface area contributed by atoms with Crippen molar-refractivity contribution < 1.29 is 14.3 Å². The van der Waals surface area contributed by atoms with Gasteiger partial charge < -0.3 is 14.8 Å². The van der Waals surface area contributed by atoms with Crippen molar-refractivity contribution in [3.8, 4) is 28.8 Å². The number of ether oxygens (including phenoxy) is 2. The van der Waals surface area contributed by atoms with Gasteiger partial charge in [0.05, 0.1) is 18.0 Å². The summed E-state index contributed by atoms with van der Waals surface area (Å²) in [7, 11) is 1.61. The summed E-state index contributed by atoms with van der Waals surface area (Å²) in [5.41, 5.74) is 3.09. The monoisotopic (exact) mass is 444 g/mol. The molecule has 0 spiro atoms. The van der Waals surface area contributed by atoms with E-state index in [1.807, 2.05) is 66.9 Å². The number of nitriles is 1. The highest BCUT2D eigenvalue weighted by Crippen LogP contribution is 2.27. The number of nitrogens with zero attached hydrogens (tertiary/aromatic N) is 3. The van der Waals surface area contributed by atoms with E-state index in [0.717, 1.165) is 23.4 Å². The Hall–Kier alpha value is -3.89. The van der Waals surface area contributed by atoms with E-state index in [2.05, 4.69) is 12.2 Å². The summed E-state index contributed by atoms with van der Waals surface area (Å²) in [6.45, 7) is 3.68. The Morgan fingerprint density at radius 2 is 1.91 bits per heavy atom. The van der Waals surface area contributed by atoms with Gasteiger partial charge in [-0.2, -0.15) is 10.4 Å². The average molecular weight is 445 g/mol. The van der Waals surface area contributed by atoms with Crippen LogP contribution < -0.4 is 10.1 Å². The molecule has 0 saturated heterocycles. The predicted molar refractivity (Wildman–Crippen MR) is 128 cm³/mol. The molecule has 7 nitrogen and oxygen atoms in total. The molecule has 0 unspecified atom stereocenters. The third-order valence-electron chi connectivity index (χ3n) is 4.84. The van der Waals surface area contributed by atoms with Crippen molar-refractivity contribution in [3.05, 3.63) is 71.9 Å². The molecule has 3 aromatic rings. The first-order valence-electron chi connectivity index (χ1n) is 10.9. The quantitative estimate of drug-likeness (QED) is 0.269. The number of hydrogen-bond donors (Lipinski definition) is 1. The molecule has 0 aliphatic rings. The zero-order valence-corrected chi connectivity index (χ0v) is 19.0. The standard InChI is InChI=1S/C26H28N4O3/c1-3-15-33-24-12-10-20(11-13-24)25-22(19-30(29-25)23-8-5-4-6-9-23)17-21(18-27)26(31)28-14-7-16-32-2/h4-6,8-13,17,19H,3,7,14-16H2,1-2H3,(H,28,31). The minimum Gasteiger partial charge on any atom is -0.494 e. The van der Waals surface area contributed by atoms with Gasteiger partial charge in [0.15, 0.2) is 0 Å². The van der Waals surface area contributed by atoms with E-state index >= 15 is 0 Å². The second kappa shape index (κ2) is 12.2. The molecule has 7 heteroatoms. The highest BCUT2D eigenvalue weighted by molar-refractivity contribution is 6.02. The van der Waals surface area contributed by atoms with Gasteiger partial charge in [0.1, 0.15) is 17.4 Å². The van der Waals surface area contributed by atoms with Gasteiger partial charge in [0, 0.05) is 37.6 Å². The third kappa shape index (κ3) is 6.55.